The lowest BCUT2D eigenvalue weighted by atomic mass is 10.1. The summed E-state index contributed by atoms with van der Waals surface area (Å²) < 4.78 is 9.97. The van der Waals surface area contributed by atoms with Crippen LogP contribution in [0.5, 0.6) is 5.75 Å². The van der Waals surface area contributed by atoms with Gasteiger partial charge in [-0.05, 0) is 28.1 Å². The summed E-state index contributed by atoms with van der Waals surface area (Å²) in [7, 11) is 1.39. The Morgan fingerprint density at radius 1 is 1.29 bits per heavy atom. The van der Waals surface area contributed by atoms with E-state index in [1.807, 2.05) is 0 Å². The first-order valence-electron chi connectivity index (χ1n) is 4.39. The predicted octanol–water partition coefficient (Wildman–Crippen LogP) is 1.83. The zero-order valence-corrected chi connectivity index (χ0v) is 10.4. The first-order chi connectivity index (χ1) is 7.97. The third-order valence-corrected chi connectivity index (χ3v) is 2.43. The average Bonchev–Trinajstić information content (AvgIpc) is 2.26. The number of carboxylic acids is 2. The maximum atomic E-state index is 11.0. The van der Waals surface area contributed by atoms with Crippen LogP contribution in [0.2, 0.25) is 0 Å². The highest BCUT2D eigenvalue weighted by atomic mass is 79.9. The van der Waals surface area contributed by atoms with E-state index in [0.29, 0.717) is 0 Å². The Kier molecular flexibility index (Phi) is 4.47. The molecule has 1 aromatic carbocycles. The Balaban J connectivity index is 3.28. The van der Waals surface area contributed by atoms with Crippen LogP contribution in [0.15, 0.2) is 16.6 Å². The predicted molar refractivity (Wildman–Crippen MR) is 60.6 cm³/mol. The van der Waals surface area contributed by atoms with Crippen LogP contribution in [0, 0.1) is 0 Å². The van der Waals surface area contributed by atoms with Gasteiger partial charge in [0.15, 0.2) is 12.5 Å². The molecule has 0 aromatic heterocycles. The minimum Gasteiger partial charge on any atom is -0.478 e. The van der Waals surface area contributed by atoms with E-state index in [0.717, 1.165) is 6.07 Å². The molecule has 92 valence electrons. The number of rotatable bonds is 5. The molecule has 0 aliphatic rings. The molecule has 1 rings (SSSR count). The molecule has 2 N–H and O–H groups in total. The lowest BCUT2D eigenvalue weighted by Gasteiger charge is -2.11. The second-order valence-corrected chi connectivity index (χ2v) is 3.85. The molecular formula is C10H9BrO6. The molecule has 0 amide bonds. The summed E-state index contributed by atoms with van der Waals surface area (Å²) in [6.45, 7) is -0.134. The number of hydrogen-bond acceptors (Lipinski definition) is 4. The van der Waals surface area contributed by atoms with E-state index in [-0.39, 0.29) is 28.1 Å². The molecule has 0 unspecified atom stereocenters. The first-order valence-corrected chi connectivity index (χ1v) is 5.18. The molecule has 17 heavy (non-hydrogen) atoms. The van der Waals surface area contributed by atoms with Crippen LogP contribution in [-0.2, 0) is 4.74 Å². The van der Waals surface area contributed by atoms with E-state index in [1.54, 1.807) is 0 Å². The van der Waals surface area contributed by atoms with E-state index in [4.69, 9.17) is 14.9 Å². The maximum absolute atomic E-state index is 11.0. The highest BCUT2D eigenvalue weighted by Crippen LogP contribution is 2.31. The topological polar surface area (TPSA) is 93.1 Å². The van der Waals surface area contributed by atoms with Gasteiger partial charge in [-0.25, -0.2) is 9.59 Å². The fourth-order valence-corrected chi connectivity index (χ4v) is 1.71. The van der Waals surface area contributed by atoms with Gasteiger partial charge in [-0.2, -0.15) is 0 Å². The van der Waals surface area contributed by atoms with Crippen molar-refractivity contribution in [2.45, 2.75) is 0 Å². The number of methoxy groups -OCH3 is 1. The molecule has 0 fully saturated rings. The number of aromatic carboxylic acids is 2. The normalized spacial score (nSPS) is 10.0. The van der Waals surface area contributed by atoms with E-state index in [1.165, 1.54) is 13.2 Å². The van der Waals surface area contributed by atoms with Crippen LogP contribution in [0.1, 0.15) is 20.7 Å². The van der Waals surface area contributed by atoms with Crippen LogP contribution in [0.25, 0.3) is 0 Å². The molecule has 6 nitrogen and oxygen atoms in total. The summed E-state index contributed by atoms with van der Waals surface area (Å²) >= 11 is 3.06. The molecule has 0 radical (unpaired) electrons. The molecule has 0 atom stereocenters. The fourth-order valence-electron chi connectivity index (χ4n) is 1.14. The van der Waals surface area contributed by atoms with Crippen molar-refractivity contribution in [2.75, 3.05) is 13.9 Å². The van der Waals surface area contributed by atoms with Crippen LogP contribution in [0.3, 0.4) is 0 Å². The highest BCUT2D eigenvalue weighted by molar-refractivity contribution is 9.10. The summed E-state index contributed by atoms with van der Waals surface area (Å²) in [6, 6.07) is 2.29. The lowest BCUT2D eigenvalue weighted by molar-refractivity contribution is 0.0478. The average molecular weight is 305 g/mol. The van der Waals surface area contributed by atoms with Gasteiger partial charge in [-0.15, -0.1) is 0 Å². The van der Waals surface area contributed by atoms with E-state index < -0.39 is 11.9 Å². The molecule has 0 saturated carbocycles. The summed E-state index contributed by atoms with van der Waals surface area (Å²) in [5.74, 6) is -2.46. The van der Waals surface area contributed by atoms with Gasteiger partial charge in [0.2, 0.25) is 0 Å². The summed E-state index contributed by atoms with van der Waals surface area (Å²) in [5.41, 5.74) is -0.382. The van der Waals surface area contributed by atoms with Crippen molar-refractivity contribution < 1.29 is 29.3 Å². The largest absolute Gasteiger partial charge is 0.478 e. The van der Waals surface area contributed by atoms with Gasteiger partial charge in [0.05, 0.1) is 10.0 Å². The van der Waals surface area contributed by atoms with Gasteiger partial charge in [0, 0.05) is 7.11 Å². The van der Waals surface area contributed by atoms with E-state index in [2.05, 4.69) is 20.7 Å². The monoisotopic (exact) mass is 304 g/mol. The van der Waals surface area contributed by atoms with Crippen molar-refractivity contribution in [3.05, 3.63) is 27.7 Å². The molecule has 0 heterocycles. The van der Waals surface area contributed by atoms with Gasteiger partial charge in [-0.1, -0.05) is 0 Å². The fraction of sp³-hybridized carbons (Fsp3) is 0.200. The smallest absolute Gasteiger partial charge is 0.339 e. The third-order valence-electron chi connectivity index (χ3n) is 1.84. The third kappa shape index (κ3) is 3.18. The van der Waals surface area contributed by atoms with Crippen molar-refractivity contribution in [1.82, 2.24) is 0 Å². The molecule has 7 heteroatoms. The molecule has 0 bridgehead atoms. The van der Waals surface area contributed by atoms with Gasteiger partial charge < -0.3 is 19.7 Å². The minimum atomic E-state index is -1.28. The summed E-state index contributed by atoms with van der Waals surface area (Å²) in [4.78, 5) is 21.8. The number of carboxylic acid groups (broad SMARTS) is 2. The molecule has 0 aliphatic heterocycles. The SMILES string of the molecule is COCOc1c(Br)cc(C(=O)O)cc1C(=O)O. The Hall–Kier alpha value is -1.60. The van der Waals surface area contributed by atoms with Crippen LogP contribution < -0.4 is 4.74 Å². The van der Waals surface area contributed by atoms with Gasteiger partial charge >= 0.3 is 11.9 Å². The number of hydrogen-bond donors (Lipinski definition) is 2. The maximum Gasteiger partial charge on any atom is 0.339 e. The number of ether oxygens (including phenoxy) is 2. The van der Waals surface area contributed by atoms with Crippen molar-refractivity contribution in [1.29, 1.82) is 0 Å². The highest BCUT2D eigenvalue weighted by Gasteiger charge is 2.19. The summed E-state index contributed by atoms with van der Waals surface area (Å²) in [5, 5.41) is 17.8. The molecule has 1 aromatic rings. The Morgan fingerprint density at radius 3 is 2.41 bits per heavy atom. The Bertz CT molecular complexity index is 456. The van der Waals surface area contributed by atoms with Crippen LogP contribution in [-0.4, -0.2) is 36.1 Å². The van der Waals surface area contributed by atoms with Gasteiger partial charge in [0.1, 0.15) is 5.56 Å². The first kappa shape index (κ1) is 13.5. The molecule has 0 aliphatic carbocycles. The van der Waals surface area contributed by atoms with Gasteiger partial charge in [-0.3, -0.25) is 0 Å². The van der Waals surface area contributed by atoms with Crippen molar-refractivity contribution in [3.63, 3.8) is 0 Å². The van der Waals surface area contributed by atoms with Gasteiger partial charge in [0.25, 0.3) is 0 Å². The second kappa shape index (κ2) is 5.65. The zero-order valence-electron chi connectivity index (χ0n) is 8.77. The van der Waals surface area contributed by atoms with Crippen molar-refractivity contribution in [2.24, 2.45) is 0 Å². The second-order valence-electron chi connectivity index (χ2n) is 3.00. The minimum absolute atomic E-state index is 0.0318. The zero-order chi connectivity index (χ0) is 13.0. The van der Waals surface area contributed by atoms with Crippen LogP contribution in [0.4, 0.5) is 0 Å². The summed E-state index contributed by atoms with van der Waals surface area (Å²) in [6.07, 6.45) is 0. The number of halogens is 1. The van der Waals surface area contributed by atoms with Crippen molar-refractivity contribution in [3.8, 4) is 5.75 Å². The molecule has 0 spiro atoms. The lowest BCUT2D eigenvalue weighted by Crippen LogP contribution is -2.08. The Morgan fingerprint density at radius 2 is 1.94 bits per heavy atom. The Labute approximate surface area is 105 Å². The van der Waals surface area contributed by atoms with Crippen molar-refractivity contribution >= 4 is 27.9 Å². The standard InChI is InChI=1S/C10H9BrO6/c1-16-4-17-8-6(10(14)15)2-5(9(12)13)3-7(8)11/h2-3H,4H2,1H3,(H,12,13)(H,14,15). The van der Waals surface area contributed by atoms with E-state index in [9.17, 15) is 9.59 Å². The molecule has 0 saturated heterocycles. The quantitative estimate of drug-likeness (QED) is 0.806. The molecular weight excluding hydrogens is 296 g/mol. The number of benzene rings is 1. The van der Waals surface area contributed by atoms with Crippen LogP contribution >= 0.6 is 15.9 Å². The number of carbonyl (C=O) groups is 2. The van der Waals surface area contributed by atoms with E-state index >= 15 is 0 Å².